The quantitative estimate of drug-likeness (QED) is 0.351. The zero-order chi connectivity index (χ0) is 24.2. The van der Waals surface area contributed by atoms with Gasteiger partial charge in [-0.1, -0.05) is 48.2 Å². The van der Waals surface area contributed by atoms with E-state index in [2.05, 4.69) is 22.3 Å². The molecule has 0 atom stereocenters. The Morgan fingerprint density at radius 1 is 1.15 bits per heavy atom. The number of nitrogens with one attached hydrogen (secondary N) is 2. The maximum atomic E-state index is 12.7. The molecule has 1 aromatic heterocycles. The van der Waals surface area contributed by atoms with Crippen molar-refractivity contribution in [3.8, 4) is 17.0 Å². The van der Waals surface area contributed by atoms with Gasteiger partial charge in [-0.05, 0) is 43.2 Å². The second-order valence-corrected chi connectivity index (χ2v) is 8.92. The zero-order valence-corrected chi connectivity index (χ0v) is 19.9. The number of halogens is 2. The van der Waals surface area contributed by atoms with Crippen LogP contribution in [0.3, 0.4) is 0 Å². The number of amides is 2. The van der Waals surface area contributed by atoms with Gasteiger partial charge in [-0.2, -0.15) is 9.78 Å². The maximum absolute atomic E-state index is 12.7. The number of benzene rings is 2. The fraction of sp³-hybridized carbons (Fsp3) is 0.240. The standard InChI is InChI=1S/C25H24Cl2N4O3/c1-2-12-28-25(34)31-21(15-6-3-4-7-15)14-20(30-31)17-11-10-16(13-22(17)32)29-24(33)23-18(26)8-5-9-19(23)27/h2,5,8-11,13-15,32H,1,3-4,6-7,12H2,(H,28,34)(H,29,33). The van der Waals surface area contributed by atoms with Crippen LogP contribution in [0.1, 0.15) is 47.7 Å². The number of hydrogen-bond donors (Lipinski definition) is 3. The molecule has 1 heterocycles. The number of hydrogen-bond acceptors (Lipinski definition) is 4. The van der Waals surface area contributed by atoms with E-state index in [4.69, 9.17) is 23.2 Å². The summed E-state index contributed by atoms with van der Waals surface area (Å²) >= 11 is 12.2. The van der Waals surface area contributed by atoms with Crippen molar-refractivity contribution >= 4 is 40.8 Å². The summed E-state index contributed by atoms with van der Waals surface area (Å²) in [6, 6.07) is 11.0. The van der Waals surface area contributed by atoms with Crippen molar-refractivity contribution in [3.63, 3.8) is 0 Å². The molecule has 0 unspecified atom stereocenters. The van der Waals surface area contributed by atoms with Crippen LogP contribution in [0, 0.1) is 0 Å². The molecule has 0 bridgehead atoms. The third kappa shape index (κ3) is 4.95. The molecule has 2 aromatic carbocycles. The van der Waals surface area contributed by atoms with E-state index in [9.17, 15) is 14.7 Å². The first-order chi connectivity index (χ1) is 16.4. The molecular formula is C25H24Cl2N4O3. The normalized spacial score (nSPS) is 13.6. The highest BCUT2D eigenvalue weighted by Gasteiger charge is 2.26. The van der Waals surface area contributed by atoms with Crippen LogP contribution in [0.2, 0.25) is 10.0 Å². The number of carbonyl (C=O) groups is 2. The van der Waals surface area contributed by atoms with Crippen LogP contribution in [0.5, 0.6) is 5.75 Å². The molecule has 0 radical (unpaired) electrons. The fourth-order valence-electron chi connectivity index (χ4n) is 4.17. The summed E-state index contributed by atoms with van der Waals surface area (Å²) < 4.78 is 1.38. The predicted octanol–water partition coefficient (Wildman–Crippen LogP) is 6.22. The molecule has 0 saturated heterocycles. The smallest absolute Gasteiger partial charge is 0.342 e. The molecule has 9 heteroatoms. The van der Waals surface area contributed by atoms with E-state index in [1.54, 1.807) is 36.4 Å². The van der Waals surface area contributed by atoms with Gasteiger partial charge in [0.05, 0.1) is 27.0 Å². The average Bonchev–Trinajstić information content (AvgIpc) is 3.47. The van der Waals surface area contributed by atoms with Crippen LogP contribution in [0.4, 0.5) is 10.5 Å². The highest BCUT2D eigenvalue weighted by Crippen LogP contribution is 2.38. The van der Waals surface area contributed by atoms with Gasteiger partial charge in [-0.15, -0.1) is 6.58 Å². The van der Waals surface area contributed by atoms with E-state index in [1.165, 1.54) is 10.7 Å². The maximum Gasteiger partial charge on any atom is 0.342 e. The van der Waals surface area contributed by atoms with Gasteiger partial charge in [0, 0.05) is 29.8 Å². The molecule has 1 aliphatic rings. The minimum Gasteiger partial charge on any atom is -0.507 e. The minimum atomic E-state index is -0.491. The van der Waals surface area contributed by atoms with Gasteiger partial charge in [0.25, 0.3) is 5.91 Å². The molecule has 3 N–H and O–H groups in total. The SMILES string of the molecule is C=CCNC(=O)n1nc(-c2ccc(NC(=O)c3c(Cl)cccc3Cl)cc2O)cc1C1CCCC1. The second-order valence-electron chi connectivity index (χ2n) is 8.11. The summed E-state index contributed by atoms with van der Waals surface area (Å²) in [4.78, 5) is 25.3. The number of rotatable bonds is 6. The summed E-state index contributed by atoms with van der Waals surface area (Å²) in [5, 5.41) is 21.1. The van der Waals surface area contributed by atoms with Crippen LogP contribution < -0.4 is 10.6 Å². The first-order valence-corrected chi connectivity index (χ1v) is 11.7. The topological polar surface area (TPSA) is 96.3 Å². The van der Waals surface area contributed by atoms with Gasteiger partial charge in [0.15, 0.2) is 0 Å². The third-order valence-corrected chi connectivity index (χ3v) is 6.45. The Hall–Kier alpha value is -3.29. The van der Waals surface area contributed by atoms with Gasteiger partial charge in [0.2, 0.25) is 0 Å². The van der Waals surface area contributed by atoms with Gasteiger partial charge in [-0.3, -0.25) is 4.79 Å². The Labute approximate surface area is 207 Å². The molecule has 0 spiro atoms. The summed E-state index contributed by atoms with van der Waals surface area (Å²) in [5.41, 5.74) is 2.25. The first kappa shape index (κ1) is 23.9. The average molecular weight is 499 g/mol. The van der Waals surface area contributed by atoms with Crippen LogP contribution in [0.25, 0.3) is 11.3 Å². The lowest BCUT2D eigenvalue weighted by Crippen LogP contribution is -2.31. The predicted molar refractivity (Wildman–Crippen MR) is 134 cm³/mol. The number of aromatic hydroxyl groups is 1. The van der Waals surface area contributed by atoms with Crippen molar-refractivity contribution in [1.82, 2.24) is 15.1 Å². The van der Waals surface area contributed by atoms with Gasteiger partial charge < -0.3 is 15.7 Å². The summed E-state index contributed by atoms with van der Waals surface area (Å²) in [5.74, 6) is -0.344. The van der Waals surface area contributed by atoms with Crippen LogP contribution in [-0.2, 0) is 0 Å². The van der Waals surface area contributed by atoms with Crippen molar-refractivity contribution in [2.24, 2.45) is 0 Å². The lowest BCUT2D eigenvalue weighted by molar-refractivity contribution is 0.102. The number of aromatic nitrogens is 2. The molecule has 1 aliphatic carbocycles. The number of phenolic OH excluding ortho intramolecular Hbond substituents is 1. The second kappa shape index (κ2) is 10.3. The number of nitrogens with zero attached hydrogens (tertiary/aromatic N) is 2. The van der Waals surface area contributed by atoms with Crippen molar-refractivity contribution in [3.05, 3.63) is 76.4 Å². The molecule has 0 aliphatic heterocycles. The molecule has 3 aromatic rings. The van der Waals surface area contributed by atoms with Crippen LogP contribution >= 0.6 is 23.2 Å². The molecule has 4 rings (SSSR count). The van der Waals surface area contributed by atoms with E-state index in [-0.39, 0.29) is 33.3 Å². The Kier molecular flexibility index (Phi) is 7.24. The minimum absolute atomic E-state index is 0.0859. The first-order valence-electron chi connectivity index (χ1n) is 11.0. The summed E-state index contributed by atoms with van der Waals surface area (Å²) in [6.45, 7) is 3.95. The summed E-state index contributed by atoms with van der Waals surface area (Å²) in [7, 11) is 0. The van der Waals surface area contributed by atoms with Gasteiger partial charge in [0.1, 0.15) is 5.75 Å². The van der Waals surface area contributed by atoms with Crippen molar-refractivity contribution in [1.29, 1.82) is 0 Å². The third-order valence-electron chi connectivity index (χ3n) is 5.82. The van der Waals surface area contributed by atoms with Crippen molar-refractivity contribution < 1.29 is 14.7 Å². The van der Waals surface area contributed by atoms with E-state index in [0.717, 1.165) is 31.4 Å². The van der Waals surface area contributed by atoms with Crippen molar-refractivity contribution in [2.75, 3.05) is 11.9 Å². The Morgan fingerprint density at radius 3 is 2.50 bits per heavy atom. The molecule has 2 amide bonds. The summed E-state index contributed by atoms with van der Waals surface area (Å²) in [6.07, 6.45) is 5.79. The van der Waals surface area contributed by atoms with Gasteiger partial charge >= 0.3 is 6.03 Å². The number of phenols is 1. The van der Waals surface area contributed by atoms with E-state index < -0.39 is 5.91 Å². The molecule has 34 heavy (non-hydrogen) atoms. The lowest BCUT2D eigenvalue weighted by atomic mass is 10.0. The molecular weight excluding hydrogens is 475 g/mol. The Balaban J connectivity index is 1.62. The lowest BCUT2D eigenvalue weighted by Gasteiger charge is -2.11. The number of carbonyl (C=O) groups excluding carboxylic acids is 2. The van der Waals surface area contributed by atoms with Crippen molar-refractivity contribution in [2.45, 2.75) is 31.6 Å². The fourth-order valence-corrected chi connectivity index (χ4v) is 4.74. The number of anilines is 1. The molecule has 1 saturated carbocycles. The van der Waals surface area contributed by atoms with Crippen LogP contribution in [0.15, 0.2) is 55.1 Å². The van der Waals surface area contributed by atoms with Crippen LogP contribution in [-0.4, -0.2) is 33.4 Å². The Morgan fingerprint density at radius 2 is 1.85 bits per heavy atom. The van der Waals surface area contributed by atoms with Gasteiger partial charge in [-0.25, -0.2) is 4.79 Å². The molecule has 7 nitrogen and oxygen atoms in total. The van der Waals surface area contributed by atoms with E-state index in [1.807, 2.05) is 6.07 Å². The highest BCUT2D eigenvalue weighted by atomic mass is 35.5. The molecule has 1 fully saturated rings. The van der Waals surface area contributed by atoms with E-state index >= 15 is 0 Å². The zero-order valence-electron chi connectivity index (χ0n) is 18.4. The Bertz CT molecular complexity index is 1230. The highest BCUT2D eigenvalue weighted by molar-refractivity contribution is 6.40. The molecule has 176 valence electrons. The van der Waals surface area contributed by atoms with E-state index in [0.29, 0.717) is 23.5 Å². The largest absolute Gasteiger partial charge is 0.507 e. The monoisotopic (exact) mass is 498 g/mol.